The van der Waals surface area contributed by atoms with E-state index in [0.29, 0.717) is 0 Å². The lowest BCUT2D eigenvalue weighted by atomic mass is 10.0. The largest absolute Gasteiger partial charge is 0.444 e. The molecule has 0 radical (unpaired) electrons. The summed E-state index contributed by atoms with van der Waals surface area (Å²) in [7, 11) is 0. The fraction of sp³-hybridized carbons (Fsp3) is 0.469. The van der Waals surface area contributed by atoms with Crippen molar-refractivity contribution in [2.24, 2.45) is 0 Å². The SMILES string of the molecule is CC(C)(C)OC(=O)NCC(=O)NC[C@H]1CN(c2ccc(-c3ccc(N4C[C@@H](CNC(=O)OC(C)(C)C)OC4=O)cc3F)c(F)c2)C(=O)O1. The maximum atomic E-state index is 15.3. The summed E-state index contributed by atoms with van der Waals surface area (Å²) in [6, 6.07) is 7.65. The third kappa shape index (κ3) is 9.68. The molecule has 2 atom stereocenters. The molecule has 0 aromatic heterocycles. The number of halogens is 2. The Balaban J connectivity index is 1.32. The van der Waals surface area contributed by atoms with Gasteiger partial charge in [-0.25, -0.2) is 28.0 Å². The Kier molecular flexibility index (Phi) is 10.6. The number of carbonyl (C=O) groups excluding carboxylic acids is 5. The number of carbonyl (C=O) groups is 5. The lowest BCUT2D eigenvalue weighted by molar-refractivity contribution is -0.120. The van der Waals surface area contributed by atoms with Crippen molar-refractivity contribution in [3.63, 3.8) is 0 Å². The third-order valence-electron chi connectivity index (χ3n) is 6.76. The van der Waals surface area contributed by atoms with Crippen molar-refractivity contribution in [2.75, 3.05) is 42.5 Å². The average molecular weight is 676 g/mol. The van der Waals surface area contributed by atoms with E-state index in [2.05, 4.69) is 16.0 Å². The van der Waals surface area contributed by atoms with Gasteiger partial charge in [0.2, 0.25) is 5.91 Å². The molecule has 2 aromatic rings. The molecule has 16 heteroatoms. The van der Waals surface area contributed by atoms with Gasteiger partial charge in [0, 0.05) is 11.1 Å². The van der Waals surface area contributed by atoms with Crippen LogP contribution in [0.3, 0.4) is 0 Å². The molecule has 2 saturated heterocycles. The molecule has 3 N–H and O–H groups in total. The molecule has 5 amide bonds. The number of amides is 5. The molecule has 2 aliphatic rings. The van der Waals surface area contributed by atoms with E-state index in [1.165, 1.54) is 34.1 Å². The third-order valence-corrected chi connectivity index (χ3v) is 6.76. The van der Waals surface area contributed by atoms with Crippen molar-refractivity contribution in [1.29, 1.82) is 0 Å². The van der Waals surface area contributed by atoms with Crippen molar-refractivity contribution >= 4 is 41.7 Å². The van der Waals surface area contributed by atoms with Crippen LogP contribution in [0.5, 0.6) is 0 Å². The monoisotopic (exact) mass is 675 g/mol. The summed E-state index contributed by atoms with van der Waals surface area (Å²) in [5, 5.41) is 7.40. The Morgan fingerprint density at radius 3 is 1.56 bits per heavy atom. The second-order valence-corrected chi connectivity index (χ2v) is 13.1. The smallest absolute Gasteiger partial charge is 0.414 e. The van der Waals surface area contributed by atoms with Gasteiger partial charge in [-0.1, -0.05) is 0 Å². The molecule has 260 valence electrons. The first-order valence-electron chi connectivity index (χ1n) is 15.1. The van der Waals surface area contributed by atoms with E-state index < -0.39 is 65.3 Å². The number of hydrogen-bond acceptors (Lipinski definition) is 9. The number of benzene rings is 2. The van der Waals surface area contributed by atoms with Gasteiger partial charge in [0.15, 0.2) is 0 Å². The molecule has 2 aromatic carbocycles. The van der Waals surface area contributed by atoms with Crippen LogP contribution in [0.1, 0.15) is 41.5 Å². The zero-order valence-electron chi connectivity index (χ0n) is 27.5. The van der Waals surface area contributed by atoms with Crippen LogP contribution in [0.25, 0.3) is 11.1 Å². The van der Waals surface area contributed by atoms with E-state index in [4.69, 9.17) is 18.9 Å². The standard InChI is InChI=1S/C32H39F2N5O9/c1-31(2,3)47-27(41)36-14-21-17-39(30(44)46-21)19-8-10-23(25(34)12-19)22-9-7-18(11-24(22)33)38-16-20(45-29(38)43)13-35-26(40)15-37-28(42)48-32(4,5)6/h7-12,20-21H,13-17H2,1-6H3,(H,35,40)(H,36,41)(H,37,42)/t20-,21+/m0/s1. The predicted molar refractivity (Wildman–Crippen MR) is 169 cm³/mol. The highest BCUT2D eigenvalue weighted by Crippen LogP contribution is 2.33. The molecule has 0 aliphatic carbocycles. The normalized spacial score (nSPS) is 17.8. The maximum Gasteiger partial charge on any atom is 0.414 e. The van der Waals surface area contributed by atoms with Crippen LogP contribution in [-0.4, -0.2) is 86.4 Å². The molecule has 48 heavy (non-hydrogen) atoms. The van der Waals surface area contributed by atoms with Gasteiger partial charge >= 0.3 is 24.4 Å². The number of nitrogens with zero attached hydrogens (tertiary/aromatic N) is 2. The number of alkyl carbamates (subject to hydrolysis) is 2. The Bertz CT molecular complexity index is 1570. The summed E-state index contributed by atoms with van der Waals surface area (Å²) in [5.41, 5.74) is -1.25. The molecular formula is C32H39F2N5O9. The summed E-state index contributed by atoms with van der Waals surface area (Å²) in [6.07, 6.45) is -4.37. The van der Waals surface area contributed by atoms with Crippen LogP contribution in [0, 0.1) is 11.6 Å². The van der Waals surface area contributed by atoms with Gasteiger partial charge < -0.3 is 34.9 Å². The second-order valence-electron chi connectivity index (χ2n) is 13.1. The first-order valence-corrected chi connectivity index (χ1v) is 15.1. The summed E-state index contributed by atoms with van der Waals surface area (Å²) < 4.78 is 51.3. The minimum absolute atomic E-state index is 0.000670. The molecule has 2 heterocycles. The van der Waals surface area contributed by atoms with Gasteiger partial charge in [0.25, 0.3) is 0 Å². The molecule has 2 aliphatic heterocycles. The van der Waals surface area contributed by atoms with Crippen LogP contribution >= 0.6 is 0 Å². The number of rotatable bonds is 9. The number of cyclic esters (lactones) is 2. The minimum Gasteiger partial charge on any atom is -0.444 e. The van der Waals surface area contributed by atoms with E-state index in [0.717, 1.165) is 12.1 Å². The lowest BCUT2D eigenvalue weighted by Crippen LogP contribution is -2.42. The summed E-state index contributed by atoms with van der Waals surface area (Å²) in [5.74, 6) is -2.15. The highest BCUT2D eigenvalue weighted by molar-refractivity contribution is 5.91. The van der Waals surface area contributed by atoms with Gasteiger partial charge in [-0.05, 0) is 77.9 Å². The topological polar surface area (TPSA) is 165 Å². The average Bonchev–Trinajstić information content (AvgIpc) is 3.53. The summed E-state index contributed by atoms with van der Waals surface area (Å²) in [6.45, 7) is 9.82. The van der Waals surface area contributed by atoms with Crippen molar-refractivity contribution in [1.82, 2.24) is 16.0 Å². The van der Waals surface area contributed by atoms with E-state index in [9.17, 15) is 24.0 Å². The zero-order chi connectivity index (χ0) is 35.4. The first-order chi connectivity index (χ1) is 22.4. The van der Waals surface area contributed by atoms with Crippen LogP contribution < -0.4 is 25.8 Å². The fourth-order valence-corrected chi connectivity index (χ4v) is 4.73. The number of hydrogen-bond donors (Lipinski definition) is 3. The van der Waals surface area contributed by atoms with Gasteiger partial charge in [-0.3, -0.25) is 14.6 Å². The molecular weight excluding hydrogens is 636 g/mol. The molecule has 2 fully saturated rings. The van der Waals surface area contributed by atoms with Crippen LogP contribution in [0.2, 0.25) is 0 Å². The first kappa shape index (κ1) is 35.7. The molecule has 0 unspecified atom stereocenters. The summed E-state index contributed by atoms with van der Waals surface area (Å²) >= 11 is 0. The Morgan fingerprint density at radius 1 is 0.729 bits per heavy atom. The molecule has 0 bridgehead atoms. The molecule has 14 nitrogen and oxygen atoms in total. The number of ether oxygens (including phenoxy) is 4. The quantitative estimate of drug-likeness (QED) is 0.326. The van der Waals surface area contributed by atoms with E-state index in [-0.39, 0.29) is 55.2 Å². The van der Waals surface area contributed by atoms with Crippen LogP contribution in [0.15, 0.2) is 36.4 Å². The molecule has 0 spiro atoms. The maximum absolute atomic E-state index is 15.3. The molecule has 4 rings (SSSR count). The zero-order valence-corrected chi connectivity index (χ0v) is 27.5. The van der Waals surface area contributed by atoms with Crippen molar-refractivity contribution in [3.8, 4) is 11.1 Å². The van der Waals surface area contributed by atoms with Crippen LogP contribution in [0.4, 0.5) is 39.3 Å². The minimum atomic E-state index is -0.814. The van der Waals surface area contributed by atoms with Gasteiger partial charge in [-0.2, -0.15) is 0 Å². The van der Waals surface area contributed by atoms with Crippen LogP contribution in [-0.2, 0) is 23.7 Å². The van der Waals surface area contributed by atoms with E-state index >= 15 is 8.78 Å². The van der Waals surface area contributed by atoms with Crippen molar-refractivity contribution < 1.29 is 51.7 Å². The number of nitrogens with one attached hydrogen (secondary N) is 3. The predicted octanol–water partition coefficient (Wildman–Crippen LogP) is 4.45. The van der Waals surface area contributed by atoms with Gasteiger partial charge in [-0.15, -0.1) is 0 Å². The highest BCUT2D eigenvalue weighted by Gasteiger charge is 2.35. The summed E-state index contributed by atoms with van der Waals surface area (Å²) in [4.78, 5) is 63.1. The second kappa shape index (κ2) is 14.3. The fourth-order valence-electron chi connectivity index (χ4n) is 4.73. The van der Waals surface area contributed by atoms with Gasteiger partial charge in [0.1, 0.15) is 35.0 Å². The Morgan fingerprint density at radius 2 is 1.15 bits per heavy atom. The van der Waals surface area contributed by atoms with E-state index in [1.54, 1.807) is 41.5 Å². The Hall–Kier alpha value is -5.15. The van der Waals surface area contributed by atoms with Crippen molar-refractivity contribution in [3.05, 3.63) is 48.0 Å². The molecule has 0 saturated carbocycles. The van der Waals surface area contributed by atoms with E-state index in [1.807, 2.05) is 0 Å². The number of anilines is 2. The lowest BCUT2D eigenvalue weighted by Gasteiger charge is -2.20. The highest BCUT2D eigenvalue weighted by atomic mass is 19.1. The van der Waals surface area contributed by atoms with Gasteiger partial charge in [0.05, 0.1) is 44.1 Å². The Labute approximate surface area is 276 Å². The van der Waals surface area contributed by atoms with Crippen molar-refractivity contribution in [2.45, 2.75) is 65.0 Å².